The summed E-state index contributed by atoms with van der Waals surface area (Å²) in [7, 11) is -5.44. The van der Waals surface area contributed by atoms with E-state index in [0.29, 0.717) is 0 Å². The second kappa shape index (κ2) is 3.69. The summed E-state index contributed by atoms with van der Waals surface area (Å²) in [6.45, 7) is 0. The molecular weight excluding hydrogens is 238 g/mol. The third-order valence-electron chi connectivity index (χ3n) is 1.40. The fourth-order valence-electron chi connectivity index (χ4n) is 0.731. The molecule has 0 spiro atoms. The van der Waals surface area contributed by atoms with Gasteiger partial charge in [0.2, 0.25) is 0 Å². The largest absolute Gasteiger partial charge is 0.516 e. The SMILES string of the molecule is O=S(=O)(Nc1ccc(F)cc1)C(F)(F)F. The molecule has 0 unspecified atom stereocenters. The van der Waals surface area contributed by atoms with Crippen molar-refractivity contribution < 1.29 is 26.0 Å². The Labute approximate surface area is 82.8 Å². The van der Waals surface area contributed by atoms with Gasteiger partial charge in [-0.05, 0) is 24.3 Å². The molecule has 0 aliphatic rings. The molecule has 0 bridgehead atoms. The highest BCUT2D eigenvalue weighted by Gasteiger charge is 2.45. The Morgan fingerprint density at radius 2 is 1.53 bits per heavy atom. The standard InChI is InChI=1S/C7H5F4NO2S/c8-5-1-3-6(4-2-5)12-15(13,14)7(9,10)11/h1-4,12H. The maximum atomic E-state index is 12.4. The van der Waals surface area contributed by atoms with E-state index in [4.69, 9.17) is 0 Å². The van der Waals surface area contributed by atoms with Crippen LogP contribution in [0.15, 0.2) is 24.3 Å². The van der Waals surface area contributed by atoms with E-state index in [1.807, 2.05) is 0 Å². The van der Waals surface area contributed by atoms with Gasteiger partial charge in [0.05, 0.1) is 0 Å². The maximum Gasteiger partial charge on any atom is 0.516 e. The Bertz CT molecular complexity index is 437. The van der Waals surface area contributed by atoms with Crippen molar-refractivity contribution in [1.82, 2.24) is 0 Å². The van der Waals surface area contributed by atoms with Crippen LogP contribution >= 0.6 is 0 Å². The summed E-state index contributed by atoms with van der Waals surface area (Å²) in [5.41, 5.74) is -5.74. The first-order valence-electron chi connectivity index (χ1n) is 3.57. The van der Waals surface area contributed by atoms with Crippen molar-refractivity contribution in [3.05, 3.63) is 30.1 Å². The first-order chi connectivity index (χ1) is 6.72. The van der Waals surface area contributed by atoms with Gasteiger partial charge >= 0.3 is 15.5 Å². The zero-order chi connectivity index (χ0) is 11.7. The molecule has 1 aromatic carbocycles. The molecule has 0 fully saturated rings. The van der Waals surface area contributed by atoms with Gasteiger partial charge in [-0.3, -0.25) is 4.72 Å². The van der Waals surface area contributed by atoms with E-state index in [1.54, 1.807) is 0 Å². The molecule has 1 rings (SSSR count). The molecule has 0 aliphatic heterocycles. The van der Waals surface area contributed by atoms with Crippen LogP contribution in [0.25, 0.3) is 0 Å². The van der Waals surface area contributed by atoms with Crippen molar-refractivity contribution >= 4 is 15.7 Å². The van der Waals surface area contributed by atoms with E-state index >= 15 is 0 Å². The predicted octanol–water partition coefficient (Wildman–Crippen LogP) is 2.09. The van der Waals surface area contributed by atoms with Gasteiger partial charge in [0, 0.05) is 5.69 Å². The van der Waals surface area contributed by atoms with Crippen molar-refractivity contribution in [2.75, 3.05) is 4.72 Å². The molecule has 84 valence electrons. The fraction of sp³-hybridized carbons (Fsp3) is 0.143. The van der Waals surface area contributed by atoms with Gasteiger partial charge in [0.25, 0.3) is 0 Å². The van der Waals surface area contributed by atoms with Crippen molar-refractivity contribution in [1.29, 1.82) is 0 Å². The minimum absolute atomic E-state index is 0.353. The van der Waals surface area contributed by atoms with E-state index in [2.05, 4.69) is 0 Å². The topological polar surface area (TPSA) is 46.2 Å². The molecule has 0 saturated heterocycles. The van der Waals surface area contributed by atoms with Crippen molar-refractivity contribution in [2.24, 2.45) is 0 Å². The molecule has 0 heterocycles. The second-order valence-electron chi connectivity index (χ2n) is 2.56. The number of nitrogens with one attached hydrogen (secondary N) is 1. The van der Waals surface area contributed by atoms with Crippen LogP contribution < -0.4 is 4.72 Å². The van der Waals surface area contributed by atoms with Gasteiger partial charge < -0.3 is 0 Å². The van der Waals surface area contributed by atoms with Crippen molar-refractivity contribution in [3.8, 4) is 0 Å². The van der Waals surface area contributed by atoms with Gasteiger partial charge in [-0.25, -0.2) is 4.39 Å². The minimum atomic E-state index is -5.44. The van der Waals surface area contributed by atoms with E-state index in [-0.39, 0.29) is 5.69 Å². The molecule has 15 heavy (non-hydrogen) atoms. The van der Waals surface area contributed by atoms with Gasteiger partial charge in [0.15, 0.2) is 0 Å². The Hall–Kier alpha value is -1.31. The highest BCUT2D eigenvalue weighted by atomic mass is 32.2. The summed E-state index contributed by atoms with van der Waals surface area (Å²) in [4.78, 5) is 0. The molecule has 1 aromatic rings. The quantitative estimate of drug-likeness (QED) is 0.808. The minimum Gasteiger partial charge on any atom is -0.276 e. The Balaban J connectivity index is 2.93. The highest BCUT2D eigenvalue weighted by Crippen LogP contribution is 2.25. The molecule has 0 radical (unpaired) electrons. The van der Waals surface area contributed by atoms with Crippen LogP contribution in [0.2, 0.25) is 0 Å². The van der Waals surface area contributed by atoms with Crippen LogP contribution in [0.1, 0.15) is 0 Å². The zero-order valence-corrected chi connectivity index (χ0v) is 7.86. The predicted molar refractivity (Wildman–Crippen MR) is 45.0 cm³/mol. The molecular formula is C7H5F4NO2S. The first kappa shape index (κ1) is 11.8. The number of hydrogen-bond donors (Lipinski definition) is 1. The zero-order valence-electron chi connectivity index (χ0n) is 7.05. The Morgan fingerprint density at radius 3 is 1.93 bits per heavy atom. The van der Waals surface area contributed by atoms with Crippen LogP contribution in [-0.4, -0.2) is 13.9 Å². The molecule has 1 N–H and O–H groups in total. The van der Waals surface area contributed by atoms with Crippen molar-refractivity contribution in [2.45, 2.75) is 5.51 Å². The number of anilines is 1. The van der Waals surface area contributed by atoms with Crippen LogP contribution in [-0.2, 0) is 10.0 Å². The summed E-state index contributed by atoms with van der Waals surface area (Å²) >= 11 is 0. The van der Waals surface area contributed by atoms with Gasteiger partial charge in [-0.2, -0.15) is 21.6 Å². The normalized spacial score (nSPS) is 12.5. The van der Waals surface area contributed by atoms with Crippen LogP contribution in [0.3, 0.4) is 0 Å². The third-order valence-corrected chi connectivity index (χ3v) is 2.51. The van der Waals surface area contributed by atoms with E-state index < -0.39 is 21.3 Å². The summed E-state index contributed by atoms with van der Waals surface area (Å²) in [6.07, 6.45) is 0. The number of sulfonamides is 1. The fourth-order valence-corrected chi connectivity index (χ4v) is 1.29. The lowest BCUT2D eigenvalue weighted by molar-refractivity contribution is -0.0429. The van der Waals surface area contributed by atoms with Gasteiger partial charge in [-0.1, -0.05) is 0 Å². The number of halogens is 4. The van der Waals surface area contributed by atoms with E-state index in [1.165, 1.54) is 4.72 Å². The lowest BCUT2D eigenvalue weighted by Gasteiger charge is -2.09. The monoisotopic (exact) mass is 243 g/mol. The molecule has 0 saturated carbocycles. The maximum absolute atomic E-state index is 12.4. The Morgan fingerprint density at radius 1 is 1.07 bits per heavy atom. The number of benzene rings is 1. The Kier molecular flexibility index (Phi) is 2.89. The van der Waals surface area contributed by atoms with Gasteiger partial charge in [0.1, 0.15) is 5.82 Å². The summed E-state index contributed by atoms with van der Waals surface area (Å²) in [6, 6.07) is 3.46. The van der Waals surface area contributed by atoms with E-state index in [0.717, 1.165) is 24.3 Å². The molecule has 3 nitrogen and oxygen atoms in total. The van der Waals surface area contributed by atoms with Gasteiger partial charge in [-0.15, -0.1) is 0 Å². The summed E-state index contributed by atoms with van der Waals surface area (Å²) < 4.78 is 70.4. The molecule has 0 aliphatic carbocycles. The molecule has 0 amide bonds. The average molecular weight is 243 g/mol. The third kappa shape index (κ3) is 2.82. The lowest BCUT2D eigenvalue weighted by Crippen LogP contribution is -2.29. The molecule has 0 aromatic heterocycles. The first-order valence-corrected chi connectivity index (χ1v) is 5.05. The number of alkyl halides is 3. The summed E-state index contributed by atoms with van der Waals surface area (Å²) in [5.74, 6) is -0.676. The van der Waals surface area contributed by atoms with Crippen LogP contribution in [0.4, 0.5) is 23.2 Å². The lowest BCUT2D eigenvalue weighted by atomic mass is 10.3. The summed E-state index contributed by atoms with van der Waals surface area (Å²) in [5, 5.41) is 0. The second-order valence-corrected chi connectivity index (χ2v) is 4.23. The molecule has 8 heteroatoms. The van der Waals surface area contributed by atoms with E-state index in [9.17, 15) is 26.0 Å². The smallest absolute Gasteiger partial charge is 0.276 e. The molecule has 0 atom stereocenters. The van der Waals surface area contributed by atoms with Crippen LogP contribution in [0.5, 0.6) is 0 Å². The number of rotatable bonds is 2. The van der Waals surface area contributed by atoms with Crippen LogP contribution in [0, 0.1) is 5.82 Å². The number of hydrogen-bond acceptors (Lipinski definition) is 2. The average Bonchev–Trinajstić information content (AvgIpc) is 2.06. The highest BCUT2D eigenvalue weighted by molar-refractivity contribution is 7.93. The van der Waals surface area contributed by atoms with Crippen molar-refractivity contribution in [3.63, 3.8) is 0 Å².